The van der Waals surface area contributed by atoms with Gasteiger partial charge in [0.1, 0.15) is 5.78 Å². The molecule has 0 aromatic heterocycles. The molecule has 0 saturated heterocycles. The van der Waals surface area contributed by atoms with Gasteiger partial charge in [-0.2, -0.15) is 11.8 Å². The van der Waals surface area contributed by atoms with E-state index in [1.165, 1.54) is 0 Å². The van der Waals surface area contributed by atoms with Crippen molar-refractivity contribution in [3.63, 3.8) is 0 Å². The summed E-state index contributed by atoms with van der Waals surface area (Å²) in [5.74, 6) is 0.292. The summed E-state index contributed by atoms with van der Waals surface area (Å²) >= 11 is 1.63. The van der Waals surface area contributed by atoms with Gasteiger partial charge in [0.2, 0.25) is 0 Å². The monoisotopic (exact) mass is 132 g/mol. The predicted octanol–water partition coefficient (Wildman–Crippen LogP) is 1.72. The number of thioether (sulfide) groups is 1. The third-order valence-corrected chi connectivity index (χ3v) is 2.34. The van der Waals surface area contributed by atoms with Gasteiger partial charge in [-0.1, -0.05) is 6.92 Å². The lowest BCUT2D eigenvalue weighted by molar-refractivity contribution is -0.116. The Hall–Kier alpha value is 0.0200. The lowest BCUT2D eigenvalue weighted by Gasteiger charge is -2.04. The van der Waals surface area contributed by atoms with Gasteiger partial charge in [-0.15, -0.1) is 0 Å². The van der Waals surface area contributed by atoms with Crippen LogP contribution in [0.3, 0.4) is 0 Å². The van der Waals surface area contributed by atoms with Crippen molar-refractivity contribution >= 4 is 17.5 Å². The average molecular weight is 132 g/mol. The maximum absolute atomic E-state index is 10.6. The topological polar surface area (TPSA) is 17.1 Å². The summed E-state index contributed by atoms with van der Waals surface area (Å²) in [6.45, 7) is 3.67. The van der Waals surface area contributed by atoms with Crippen LogP contribution < -0.4 is 0 Å². The van der Waals surface area contributed by atoms with E-state index in [1.54, 1.807) is 18.7 Å². The van der Waals surface area contributed by atoms with E-state index in [4.69, 9.17) is 0 Å². The van der Waals surface area contributed by atoms with Crippen molar-refractivity contribution in [3.05, 3.63) is 0 Å². The first kappa shape index (κ1) is 8.02. The summed E-state index contributed by atoms with van der Waals surface area (Å²) in [7, 11) is 0. The average Bonchev–Trinajstić information content (AvgIpc) is 1.69. The summed E-state index contributed by atoms with van der Waals surface area (Å²) in [5, 5.41) is 0.231. The van der Waals surface area contributed by atoms with Crippen LogP contribution in [0.15, 0.2) is 0 Å². The highest BCUT2D eigenvalue weighted by Crippen LogP contribution is 2.10. The van der Waals surface area contributed by atoms with Crippen molar-refractivity contribution < 1.29 is 4.79 Å². The van der Waals surface area contributed by atoms with E-state index in [2.05, 4.69) is 0 Å². The van der Waals surface area contributed by atoms with Crippen LogP contribution >= 0.6 is 11.8 Å². The third kappa shape index (κ3) is 2.36. The number of rotatable bonds is 3. The van der Waals surface area contributed by atoms with Crippen molar-refractivity contribution in [1.82, 2.24) is 0 Å². The van der Waals surface area contributed by atoms with E-state index >= 15 is 0 Å². The molecule has 0 aliphatic rings. The summed E-state index contributed by atoms with van der Waals surface area (Å²) in [6.07, 6.45) is 2.92. The fourth-order valence-corrected chi connectivity index (χ4v) is 1.29. The Balaban J connectivity index is 3.52. The van der Waals surface area contributed by atoms with Gasteiger partial charge >= 0.3 is 0 Å². The molecule has 1 atom stereocenters. The molecule has 2 heteroatoms. The van der Waals surface area contributed by atoms with Gasteiger partial charge in [0, 0.05) is 0 Å². The molecule has 0 bridgehead atoms. The van der Waals surface area contributed by atoms with E-state index in [0.717, 1.165) is 6.42 Å². The van der Waals surface area contributed by atoms with E-state index in [1.807, 2.05) is 13.2 Å². The Morgan fingerprint density at radius 3 is 2.25 bits per heavy atom. The van der Waals surface area contributed by atoms with E-state index in [-0.39, 0.29) is 5.25 Å². The molecule has 0 heterocycles. The second-order valence-corrected chi connectivity index (χ2v) is 2.78. The molecule has 0 amide bonds. The van der Waals surface area contributed by atoms with Crippen molar-refractivity contribution in [2.24, 2.45) is 0 Å². The predicted molar refractivity (Wildman–Crippen MR) is 38.3 cm³/mol. The Bertz CT molecular complexity index is 76.6. The fourth-order valence-electron chi connectivity index (χ4n) is 0.620. The van der Waals surface area contributed by atoms with Gasteiger partial charge < -0.3 is 0 Å². The first-order chi connectivity index (χ1) is 3.72. The lowest BCUT2D eigenvalue weighted by Crippen LogP contribution is -2.10. The number of carbonyl (C=O) groups excluding carboxylic acids is 1. The normalized spacial score (nSPS) is 13.4. The number of hydrogen-bond donors (Lipinski definition) is 0. The van der Waals surface area contributed by atoms with Gasteiger partial charge in [-0.3, -0.25) is 4.79 Å². The minimum atomic E-state index is 0.231. The Labute approximate surface area is 54.8 Å². The highest BCUT2D eigenvalue weighted by atomic mass is 32.2. The molecule has 0 aliphatic carbocycles. The molecule has 0 aliphatic heterocycles. The minimum absolute atomic E-state index is 0.231. The zero-order valence-electron chi connectivity index (χ0n) is 5.60. The fraction of sp³-hybridized carbons (Fsp3) is 0.833. The molecule has 0 aromatic rings. The van der Waals surface area contributed by atoms with Crippen LogP contribution in [-0.2, 0) is 4.79 Å². The third-order valence-electron chi connectivity index (χ3n) is 1.11. The van der Waals surface area contributed by atoms with Crippen molar-refractivity contribution in [1.29, 1.82) is 0 Å². The number of carbonyl (C=O) groups is 1. The Kier molecular flexibility index (Phi) is 3.97. The van der Waals surface area contributed by atoms with Gasteiger partial charge in [0.05, 0.1) is 5.25 Å². The molecule has 0 saturated carbocycles. The Morgan fingerprint density at radius 2 is 2.25 bits per heavy atom. The smallest absolute Gasteiger partial charge is 0.142 e. The van der Waals surface area contributed by atoms with Crippen LogP contribution in [0.4, 0.5) is 0 Å². The summed E-state index contributed by atoms with van der Waals surface area (Å²) in [5.41, 5.74) is 0. The standard InChI is InChI=1S/C6H12OS/c1-4-6(8-3)5(2)7/h6H,4H2,1-3H3. The van der Waals surface area contributed by atoms with Crippen LogP contribution in [0.5, 0.6) is 0 Å². The molecule has 0 aromatic carbocycles. The summed E-state index contributed by atoms with van der Waals surface area (Å²) in [6, 6.07) is 0. The molecular weight excluding hydrogens is 120 g/mol. The van der Waals surface area contributed by atoms with Crippen LogP contribution in [-0.4, -0.2) is 17.3 Å². The summed E-state index contributed by atoms with van der Waals surface area (Å²) in [4.78, 5) is 10.6. The number of hydrogen-bond acceptors (Lipinski definition) is 2. The van der Waals surface area contributed by atoms with Crippen LogP contribution in [0.1, 0.15) is 20.3 Å². The Morgan fingerprint density at radius 1 is 1.75 bits per heavy atom. The minimum Gasteiger partial charge on any atom is -0.299 e. The van der Waals surface area contributed by atoms with Crippen molar-refractivity contribution in [2.45, 2.75) is 25.5 Å². The van der Waals surface area contributed by atoms with Crippen molar-refractivity contribution in [2.75, 3.05) is 6.26 Å². The molecule has 1 nitrogen and oxygen atoms in total. The zero-order valence-corrected chi connectivity index (χ0v) is 6.42. The molecular formula is C6H12OS. The molecule has 0 rings (SSSR count). The first-order valence-electron chi connectivity index (χ1n) is 2.75. The molecule has 0 N–H and O–H groups in total. The van der Waals surface area contributed by atoms with Gasteiger partial charge in [-0.05, 0) is 19.6 Å². The maximum atomic E-state index is 10.6. The van der Waals surface area contributed by atoms with E-state index in [0.29, 0.717) is 5.78 Å². The number of ketones is 1. The summed E-state index contributed by atoms with van der Waals surface area (Å²) < 4.78 is 0. The molecule has 0 spiro atoms. The van der Waals surface area contributed by atoms with Gasteiger partial charge in [0.15, 0.2) is 0 Å². The largest absolute Gasteiger partial charge is 0.299 e. The molecule has 8 heavy (non-hydrogen) atoms. The SMILES string of the molecule is CCC(SC)C(C)=O. The van der Waals surface area contributed by atoms with Gasteiger partial charge in [-0.25, -0.2) is 0 Å². The van der Waals surface area contributed by atoms with Gasteiger partial charge in [0.25, 0.3) is 0 Å². The quantitative estimate of drug-likeness (QED) is 0.581. The molecule has 48 valence electrons. The highest BCUT2D eigenvalue weighted by Gasteiger charge is 2.07. The van der Waals surface area contributed by atoms with Crippen molar-refractivity contribution in [3.8, 4) is 0 Å². The number of Topliss-reactive ketones (excluding diaryl/α,β-unsaturated/α-hetero) is 1. The van der Waals surface area contributed by atoms with E-state index < -0.39 is 0 Å². The first-order valence-corrected chi connectivity index (χ1v) is 4.04. The van der Waals surface area contributed by atoms with E-state index in [9.17, 15) is 4.79 Å². The zero-order chi connectivity index (χ0) is 6.57. The second kappa shape index (κ2) is 3.96. The maximum Gasteiger partial charge on any atom is 0.142 e. The highest BCUT2D eigenvalue weighted by molar-refractivity contribution is 7.99. The molecule has 1 unspecified atom stereocenters. The van der Waals surface area contributed by atoms with Crippen LogP contribution in [0.2, 0.25) is 0 Å². The molecule has 0 radical (unpaired) electrons. The van der Waals surface area contributed by atoms with Crippen LogP contribution in [0.25, 0.3) is 0 Å². The van der Waals surface area contributed by atoms with Crippen LogP contribution in [0, 0.1) is 0 Å². The molecule has 0 fully saturated rings. The lowest BCUT2D eigenvalue weighted by atomic mass is 10.2. The second-order valence-electron chi connectivity index (χ2n) is 1.74.